The molecular weight excluding hydrogens is 1440 g/mol. The third-order valence-corrected chi connectivity index (χ3v) is 19.4. The monoisotopic (exact) mass is 1560 g/mol. The molecule has 24 nitrogen and oxygen atoms in total. The average Bonchev–Trinajstić information content (AvgIpc) is 0.740. The Morgan fingerprint density at radius 1 is 0.532 bits per heavy atom. The number of dihydropyridines is 1. The number of esters is 6. The summed E-state index contributed by atoms with van der Waals surface area (Å²) >= 11 is 5.14. The minimum Gasteiger partial charge on any atom is -0.508 e. The Balaban J connectivity index is 0.000000256. The first-order valence-electron chi connectivity index (χ1n) is 39.2. The summed E-state index contributed by atoms with van der Waals surface area (Å²) in [6, 6.07) is 21.3. The van der Waals surface area contributed by atoms with Crippen LogP contribution in [0.1, 0.15) is 222 Å². The lowest BCUT2D eigenvalue weighted by molar-refractivity contribution is -0.158. The van der Waals surface area contributed by atoms with E-state index < -0.39 is 53.9 Å². The molecule has 0 aliphatic carbocycles. The van der Waals surface area contributed by atoms with E-state index in [1.165, 1.54) is 74.9 Å². The zero-order valence-corrected chi connectivity index (χ0v) is 67.6. The quantitative estimate of drug-likeness (QED) is 0.0187. The van der Waals surface area contributed by atoms with E-state index in [0.717, 1.165) is 123 Å². The lowest BCUT2D eigenvalue weighted by Gasteiger charge is -2.39. The minimum absolute atomic E-state index is 0.0321. The van der Waals surface area contributed by atoms with Crippen LogP contribution in [0.25, 0.3) is 0 Å². The van der Waals surface area contributed by atoms with Gasteiger partial charge >= 0.3 is 35.8 Å². The molecule has 25 heteroatoms. The van der Waals surface area contributed by atoms with Crippen LogP contribution < -0.4 is 10.6 Å². The molecule has 608 valence electrons. The van der Waals surface area contributed by atoms with Gasteiger partial charge in [0.05, 0.1) is 62.5 Å². The largest absolute Gasteiger partial charge is 0.508 e. The summed E-state index contributed by atoms with van der Waals surface area (Å²) in [5, 5.41) is 26.0. The van der Waals surface area contributed by atoms with Gasteiger partial charge in [-0.3, -0.25) is 57.9 Å². The van der Waals surface area contributed by atoms with E-state index >= 15 is 0 Å². The molecule has 4 aromatic rings. The summed E-state index contributed by atoms with van der Waals surface area (Å²) in [4.78, 5) is 133. The van der Waals surface area contributed by atoms with Crippen molar-refractivity contribution in [2.24, 2.45) is 0 Å². The Morgan fingerprint density at radius 3 is 1.36 bits per heavy atom. The minimum atomic E-state index is -0.708. The normalized spacial score (nSPS) is 18.3. The Bertz CT molecular complexity index is 3710. The Morgan fingerprint density at radius 2 is 0.964 bits per heavy atom. The van der Waals surface area contributed by atoms with Gasteiger partial charge < -0.3 is 49.3 Å². The van der Waals surface area contributed by atoms with Crippen molar-refractivity contribution in [1.82, 2.24) is 25.3 Å². The molecule has 5 fully saturated rings. The van der Waals surface area contributed by atoms with Gasteiger partial charge in [0.25, 0.3) is 0 Å². The summed E-state index contributed by atoms with van der Waals surface area (Å²) in [5.74, 6) is -3.69. The van der Waals surface area contributed by atoms with Crippen LogP contribution in [-0.2, 0) is 76.4 Å². The van der Waals surface area contributed by atoms with Crippen LogP contribution in [-0.4, -0.2) is 194 Å². The Hall–Kier alpha value is -8.94. The number of piperidine rings is 4. The van der Waals surface area contributed by atoms with E-state index in [9.17, 15) is 57.8 Å². The molecule has 4 aromatic carbocycles. The highest BCUT2D eigenvalue weighted by Crippen LogP contribution is 2.47. The fraction of sp³-hybridized carbons (Fsp3) is 0.547. The van der Waals surface area contributed by atoms with Crippen LogP contribution in [0.5, 0.6) is 11.5 Å². The molecule has 4 N–H and O–H groups in total. The third-order valence-electron chi connectivity index (χ3n) is 19.1. The number of phenolic OH excluding ortho intramolecular Hbond substituents is 2. The van der Waals surface area contributed by atoms with Crippen LogP contribution in [0.15, 0.2) is 95.3 Å². The first-order chi connectivity index (χ1) is 53.2. The number of aromatic hydroxyl groups is 2. The number of likely N-dealkylation sites (tertiary alicyclic amines) is 3. The number of ketones is 4. The highest BCUT2D eigenvalue weighted by atomic mass is 35.5. The molecule has 0 bridgehead atoms. The number of aryl methyl sites for hydroxylation is 6. The van der Waals surface area contributed by atoms with Crippen LogP contribution in [0.3, 0.4) is 0 Å². The van der Waals surface area contributed by atoms with Crippen molar-refractivity contribution in [3.8, 4) is 11.5 Å². The van der Waals surface area contributed by atoms with E-state index in [0.29, 0.717) is 80.9 Å². The summed E-state index contributed by atoms with van der Waals surface area (Å²) < 4.78 is 30.9. The maximum absolute atomic E-state index is 13.8. The van der Waals surface area contributed by atoms with Crippen LogP contribution in [0.4, 0.5) is 0 Å². The van der Waals surface area contributed by atoms with Gasteiger partial charge in [-0.1, -0.05) is 85.3 Å². The molecule has 0 aromatic heterocycles. The molecule has 0 amide bonds. The van der Waals surface area contributed by atoms with Crippen LogP contribution >= 0.6 is 11.6 Å². The number of Topliss-reactive ketones (excluding diaryl/α,β-unsaturated/α-hetero) is 4. The first kappa shape index (κ1) is 92.7. The van der Waals surface area contributed by atoms with Crippen molar-refractivity contribution in [1.29, 1.82) is 0 Å². The van der Waals surface area contributed by atoms with Crippen molar-refractivity contribution in [3.63, 3.8) is 0 Å². The summed E-state index contributed by atoms with van der Waals surface area (Å²) in [6.07, 6.45) is 15.0. The fourth-order valence-electron chi connectivity index (χ4n) is 14.4. The molecule has 7 heterocycles. The van der Waals surface area contributed by atoms with E-state index in [1.54, 1.807) is 58.0 Å². The van der Waals surface area contributed by atoms with Gasteiger partial charge in [-0.25, -0.2) is 9.59 Å². The van der Waals surface area contributed by atoms with Crippen molar-refractivity contribution >= 4 is 76.8 Å². The van der Waals surface area contributed by atoms with Gasteiger partial charge in [0.2, 0.25) is 0 Å². The summed E-state index contributed by atoms with van der Waals surface area (Å²) in [6.45, 7) is 30.0. The average molecular weight is 1560 g/mol. The number of ether oxygens (including phenoxy) is 6. The second-order valence-corrected chi connectivity index (χ2v) is 28.8. The number of carbonyl (C=O) groups is 11. The highest BCUT2D eigenvalue weighted by molar-refractivity contribution is 6.28. The second-order valence-electron chi connectivity index (χ2n) is 28.5. The summed E-state index contributed by atoms with van der Waals surface area (Å²) in [5.41, 5.74) is 12.2. The number of phenols is 2. The highest BCUT2D eigenvalue weighted by Gasteiger charge is 2.44. The number of aldehydes is 1. The topological polar surface area (TPSA) is 317 Å². The molecule has 7 aliphatic heterocycles. The molecule has 7 aliphatic rings. The lowest BCUT2D eigenvalue weighted by atomic mass is 9.77. The predicted octanol–water partition coefficient (Wildman–Crippen LogP) is 12.5. The number of alkyl halides is 1. The van der Waals surface area contributed by atoms with E-state index in [2.05, 4.69) is 75.1 Å². The first-order valence-corrected chi connectivity index (χ1v) is 39.7. The molecule has 111 heavy (non-hydrogen) atoms. The predicted molar refractivity (Wildman–Crippen MR) is 423 cm³/mol. The van der Waals surface area contributed by atoms with Crippen molar-refractivity contribution in [2.75, 3.05) is 104 Å². The van der Waals surface area contributed by atoms with Crippen molar-refractivity contribution in [3.05, 3.63) is 151 Å². The van der Waals surface area contributed by atoms with Crippen molar-refractivity contribution in [2.45, 2.75) is 203 Å². The molecule has 5 saturated heterocycles. The number of cyclic esters (lactones) is 2. The van der Waals surface area contributed by atoms with Gasteiger partial charge in [-0.15, -0.1) is 11.6 Å². The Labute approximate surface area is 660 Å². The van der Waals surface area contributed by atoms with E-state index in [4.69, 9.17) is 40.4 Å². The number of carbonyl (C=O) groups excluding carboxylic acids is 11. The molecule has 0 spiro atoms. The molecule has 11 rings (SSSR count). The standard InChI is InChI=1S/C32H38N2O5.C14H16O3.2C11H19NO3.C7H6O2.C6H9ClO3.C5H11N/c1-5-38-31(36)30-25(18-34-12-7-6-8-13-34)33-24-17-26(27-20(3)14-19(2)15-21(27)4)39-32(37)29(24)28(30)22-10-9-11-23(35)16-22;1-8-4-9(2)14(10(3)5-8)12-6-11(15)7-13(16)17-12;2*1-2-15-11(14)8-10(13)9-12-6-4-3-5-7-12;8-5-6-2-1-3-7(9)4-6;1-2-10-6(9)3-5(8)4-7;1-2-4-6-5-3-1/h9-11,14-16,26,28,33,35H,5-8,12-13,17-18H2,1-4H3;4-5,12H,6-7H2,1-3H3;2*2-9H2,1H3;1-5,9H;2-4H2,1H3;6H,1-5H2. The summed E-state index contributed by atoms with van der Waals surface area (Å²) in [7, 11) is 0. The van der Waals surface area contributed by atoms with Gasteiger partial charge in [0.1, 0.15) is 61.5 Å². The fourth-order valence-corrected chi connectivity index (χ4v) is 14.5. The number of hydrogen-bond donors (Lipinski definition) is 4. The number of nitrogens with one attached hydrogen (secondary N) is 2. The number of benzene rings is 4. The maximum atomic E-state index is 13.8. The molecule has 0 saturated carbocycles. The Kier molecular flexibility index (Phi) is 41.9. The molecule has 3 unspecified atom stereocenters. The van der Waals surface area contributed by atoms with Gasteiger partial charge in [-0.05, 0) is 236 Å². The number of hydrogen-bond acceptors (Lipinski definition) is 24. The third kappa shape index (κ3) is 33.1. The van der Waals surface area contributed by atoms with E-state index in [1.807, 2.05) is 26.8 Å². The molecular formula is C86H118ClN5O19. The van der Waals surface area contributed by atoms with Gasteiger partial charge in [0, 0.05) is 36.3 Å². The smallest absolute Gasteiger partial charge is 0.337 e. The van der Waals surface area contributed by atoms with Gasteiger partial charge in [-0.2, -0.15) is 0 Å². The van der Waals surface area contributed by atoms with Crippen molar-refractivity contribution < 1.29 is 91.4 Å². The zero-order chi connectivity index (χ0) is 81.4. The van der Waals surface area contributed by atoms with Gasteiger partial charge in [0.15, 0.2) is 17.3 Å². The number of nitrogens with zero attached hydrogens (tertiary/aromatic N) is 3. The molecule has 3 atom stereocenters. The SMILES string of the molecule is C1CCNCC1.CCOC(=O)C1=C(CN2CCCCC2)NC2=C(C(=O)OC(c3c(C)cc(C)cc3C)C2)C1c1cccc(O)c1.CCOC(=O)CC(=O)CCl.CCOC(=O)CC(=O)CN1CCCCC1.CCOC(=O)CC(=O)CN1CCCCC1.Cc1cc(C)c(C2CC(=O)CC(=O)O2)c(C)c1.O=Cc1cccc(O)c1. The zero-order valence-electron chi connectivity index (χ0n) is 66.8. The number of halogens is 1. The van der Waals surface area contributed by atoms with E-state index in [-0.39, 0.29) is 72.8 Å². The van der Waals surface area contributed by atoms with Crippen LogP contribution in [0, 0.1) is 41.5 Å². The maximum Gasteiger partial charge on any atom is 0.337 e. The second kappa shape index (κ2) is 50.1. The van der Waals surface area contributed by atoms with Crippen LogP contribution in [0.2, 0.25) is 0 Å². The lowest BCUT2D eigenvalue weighted by Crippen LogP contribution is -2.42. The number of rotatable bonds is 22. The molecule has 0 radical (unpaired) electrons.